The van der Waals surface area contributed by atoms with Crippen LogP contribution >= 0.6 is 23.2 Å². The lowest BCUT2D eigenvalue weighted by Crippen LogP contribution is -2.33. The molecule has 0 fully saturated rings. The molecule has 2 amide bonds. The van der Waals surface area contributed by atoms with Crippen LogP contribution in [0, 0.1) is 0 Å². The maximum Gasteiger partial charge on any atom is 0.404 e. The number of amides is 2. The van der Waals surface area contributed by atoms with E-state index in [1.54, 1.807) is 24.3 Å². The lowest BCUT2D eigenvalue weighted by atomic mass is 10.2. The Balaban J connectivity index is 2.40. The quantitative estimate of drug-likeness (QED) is 0.577. The van der Waals surface area contributed by atoms with Crippen molar-refractivity contribution in [2.45, 2.75) is 0 Å². The fourth-order valence-electron chi connectivity index (χ4n) is 1.20. The molecular formula is C12H12Cl2N2O3. The van der Waals surface area contributed by atoms with Crippen LogP contribution in [0.1, 0.15) is 5.56 Å². The molecule has 0 aliphatic carbocycles. The van der Waals surface area contributed by atoms with E-state index in [1.807, 2.05) is 0 Å². The van der Waals surface area contributed by atoms with E-state index >= 15 is 0 Å². The Morgan fingerprint density at radius 1 is 1.16 bits per heavy atom. The number of hydrogen-bond acceptors (Lipinski definition) is 2. The third-order valence-corrected chi connectivity index (χ3v) is 2.81. The first kappa shape index (κ1) is 15.3. The van der Waals surface area contributed by atoms with Crippen molar-refractivity contribution >= 4 is 41.3 Å². The van der Waals surface area contributed by atoms with Gasteiger partial charge in [-0.05, 0) is 23.8 Å². The first-order valence-corrected chi connectivity index (χ1v) is 6.12. The summed E-state index contributed by atoms with van der Waals surface area (Å²) in [5.41, 5.74) is 0.744. The first-order chi connectivity index (χ1) is 8.99. The van der Waals surface area contributed by atoms with Crippen LogP contribution in [0.5, 0.6) is 0 Å². The standard InChI is InChI=1S/C12H12Cl2N2O3/c13-9-3-1-8(7-10(9)14)2-4-11(17)15-5-6-16-12(18)19/h1-4,7,16H,5-6H2,(H,15,17)(H,18,19)/b4-2+. The summed E-state index contributed by atoms with van der Waals surface area (Å²) in [7, 11) is 0. The predicted octanol–water partition coefficient (Wildman–Crippen LogP) is 2.39. The second-order valence-electron chi connectivity index (χ2n) is 3.53. The van der Waals surface area contributed by atoms with Crippen LogP contribution in [0.25, 0.3) is 6.08 Å². The van der Waals surface area contributed by atoms with Gasteiger partial charge in [-0.3, -0.25) is 4.79 Å². The molecule has 0 unspecified atom stereocenters. The molecule has 0 radical (unpaired) electrons. The number of halogens is 2. The SMILES string of the molecule is O=C(O)NCCNC(=O)/C=C/c1ccc(Cl)c(Cl)c1. The number of rotatable bonds is 5. The molecule has 0 aliphatic heterocycles. The third kappa shape index (κ3) is 6.13. The van der Waals surface area contributed by atoms with Gasteiger partial charge in [0.05, 0.1) is 10.0 Å². The minimum Gasteiger partial charge on any atom is -0.465 e. The van der Waals surface area contributed by atoms with Crippen molar-refractivity contribution in [1.82, 2.24) is 10.6 Å². The molecule has 1 rings (SSSR count). The Morgan fingerprint density at radius 3 is 2.47 bits per heavy atom. The van der Waals surface area contributed by atoms with E-state index in [-0.39, 0.29) is 19.0 Å². The average molecular weight is 303 g/mol. The molecule has 1 aromatic carbocycles. The minimum absolute atomic E-state index is 0.154. The number of carboxylic acid groups (broad SMARTS) is 1. The van der Waals surface area contributed by atoms with Crippen molar-refractivity contribution in [3.63, 3.8) is 0 Å². The zero-order valence-corrected chi connectivity index (χ0v) is 11.3. The van der Waals surface area contributed by atoms with Crippen molar-refractivity contribution < 1.29 is 14.7 Å². The normalized spacial score (nSPS) is 10.4. The van der Waals surface area contributed by atoms with E-state index in [4.69, 9.17) is 28.3 Å². The molecule has 0 spiro atoms. The lowest BCUT2D eigenvalue weighted by Gasteiger charge is -2.02. The summed E-state index contributed by atoms with van der Waals surface area (Å²) in [5, 5.41) is 13.8. The van der Waals surface area contributed by atoms with Gasteiger partial charge in [-0.2, -0.15) is 0 Å². The molecule has 0 saturated carbocycles. The highest BCUT2D eigenvalue weighted by molar-refractivity contribution is 6.42. The Labute approximate surface area is 120 Å². The van der Waals surface area contributed by atoms with E-state index in [0.717, 1.165) is 5.56 Å². The molecule has 0 bridgehead atoms. The van der Waals surface area contributed by atoms with Gasteiger partial charge >= 0.3 is 6.09 Å². The van der Waals surface area contributed by atoms with E-state index in [9.17, 15) is 9.59 Å². The monoisotopic (exact) mass is 302 g/mol. The topological polar surface area (TPSA) is 78.4 Å². The van der Waals surface area contributed by atoms with Crippen molar-refractivity contribution in [3.8, 4) is 0 Å². The predicted molar refractivity (Wildman–Crippen MR) is 74.5 cm³/mol. The third-order valence-electron chi connectivity index (χ3n) is 2.07. The molecule has 5 nitrogen and oxygen atoms in total. The van der Waals surface area contributed by atoms with E-state index < -0.39 is 6.09 Å². The molecule has 19 heavy (non-hydrogen) atoms. The highest BCUT2D eigenvalue weighted by Crippen LogP contribution is 2.22. The van der Waals surface area contributed by atoms with Gasteiger partial charge in [0, 0.05) is 19.2 Å². The van der Waals surface area contributed by atoms with Crippen LogP contribution < -0.4 is 10.6 Å². The van der Waals surface area contributed by atoms with Crippen LogP contribution in [0.4, 0.5) is 4.79 Å². The van der Waals surface area contributed by atoms with Crippen LogP contribution in [-0.2, 0) is 4.79 Å². The van der Waals surface area contributed by atoms with Gasteiger partial charge in [0.1, 0.15) is 0 Å². The minimum atomic E-state index is -1.12. The van der Waals surface area contributed by atoms with Crippen molar-refractivity contribution in [2.75, 3.05) is 13.1 Å². The van der Waals surface area contributed by atoms with E-state index in [1.165, 1.54) is 6.08 Å². The molecule has 0 heterocycles. The molecule has 0 aliphatic rings. The lowest BCUT2D eigenvalue weighted by molar-refractivity contribution is -0.116. The summed E-state index contributed by atoms with van der Waals surface area (Å²) < 4.78 is 0. The Hall–Kier alpha value is -1.72. The van der Waals surface area contributed by atoms with Gasteiger partial charge in [0.2, 0.25) is 5.91 Å². The fraction of sp³-hybridized carbons (Fsp3) is 0.167. The van der Waals surface area contributed by atoms with E-state index in [2.05, 4.69) is 10.6 Å². The molecule has 0 saturated heterocycles. The maximum absolute atomic E-state index is 11.4. The molecule has 3 N–H and O–H groups in total. The van der Waals surface area contributed by atoms with Gasteiger partial charge in [-0.15, -0.1) is 0 Å². The summed E-state index contributed by atoms with van der Waals surface area (Å²) in [6.07, 6.45) is 1.79. The van der Waals surface area contributed by atoms with Gasteiger partial charge in [-0.1, -0.05) is 29.3 Å². The molecule has 0 atom stereocenters. The molecule has 0 aromatic heterocycles. The first-order valence-electron chi connectivity index (χ1n) is 5.37. The maximum atomic E-state index is 11.4. The molecule has 7 heteroatoms. The van der Waals surface area contributed by atoms with Gasteiger partial charge < -0.3 is 15.7 Å². The number of nitrogens with one attached hydrogen (secondary N) is 2. The summed E-state index contributed by atoms with van der Waals surface area (Å²) in [6, 6.07) is 5.00. The second-order valence-corrected chi connectivity index (χ2v) is 4.34. The molecule has 102 valence electrons. The Bertz CT molecular complexity index is 504. The Morgan fingerprint density at radius 2 is 1.84 bits per heavy atom. The summed E-state index contributed by atoms with van der Waals surface area (Å²) >= 11 is 11.6. The van der Waals surface area contributed by atoms with Gasteiger partial charge in [0.15, 0.2) is 0 Å². The fourth-order valence-corrected chi connectivity index (χ4v) is 1.51. The highest BCUT2D eigenvalue weighted by atomic mass is 35.5. The Kier molecular flexibility index (Phi) is 6.18. The van der Waals surface area contributed by atoms with Crippen LogP contribution in [-0.4, -0.2) is 30.2 Å². The van der Waals surface area contributed by atoms with Crippen LogP contribution in [0.15, 0.2) is 24.3 Å². The summed E-state index contributed by atoms with van der Waals surface area (Å²) in [6.45, 7) is 0.374. The highest BCUT2D eigenvalue weighted by Gasteiger charge is 1.99. The van der Waals surface area contributed by atoms with Gasteiger partial charge in [-0.25, -0.2) is 4.79 Å². The average Bonchev–Trinajstić information content (AvgIpc) is 2.36. The number of carbonyl (C=O) groups is 2. The van der Waals surface area contributed by atoms with Crippen LogP contribution in [0.3, 0.4) is 0 Å². The number of carbonyl (C=O) groups excluding carboxylic acids is 1. The van der Waals surface area contributed by atoms with Crippen LogP contribution in [0.2, 0.25) is 10.0 Å². The largest absolute Gasteiger partial charge is 0.465 e. The zero-order chi connectivity index (χ0) is 14.3. The van der Waals surface area contributed by atoms with E-state index in [0.29, 0.717) is 10.0 Å². The summed E-state index contributed by atoms with van der Waals surface area (Å²) in [5.74, 6) is -0.321. The zero-order valence-electron chi connectivity index (χ0n) is 9.82. The molecule has 1 aromatic rings. The van der Waals surface area contributed by atoms with Crippen molar-refractivity contribution in [3.05, 3.63) is 39.9 Å². The smallest absolute Gasteiger partial charge is 0.404 e. The van der Waals surface area contributed by atoms with Gasteiger partial charge in [0.25, 0.3) is 0 Å². The molecular weight excluding hydrogens is 291 g/mol. The number of benzene rings is 1. The van der Waals surface area contributed by atoms with Crippen molar-refractivity contribution in [1.29, 1.82) is 0 Å². The summed E-state index contributed by atoms with van der Waals surface area (Å²) in [4.78, 5) is 21.5. The van der Waals surface area contributed by atoms with Crippen molar-refractivity contribution in [2.24, 2.45) is 0 Å². The number of hydrogen-bond donors (Lipinski definition) is 3. The second kappa shape index (κ2) is 7.66.